The molecule has 0 amide bonds. The van der Waals surface area contributed by atoms with Gasteiger partial charge in [-0.15, -0.1) is 0 Å². The Labute approximate surface area is 130 Å². The Morgan fingerprint density at radius 1 is 1.22 bits per heavy atom. The second kappa shape index (κ2) is 6.23. The van der Waals surface area contributed by atoms with Gasteiger partial charge < -0.3 is 5.32 Å². The molecular weight excluding hydrogens is 300 g/mol. The van der Waals surface area contributed by atoms with Crippen LogP contribution < -0.4 is 5.32 Å². The van der Waals surface area contributed by atoms with Crippen molar-refractivity contribution in [3.05, 3.63) is 71.7 Å². The molecule has 0 aliphatic heterocycles. The second-order valence-electron chi connectivity index (χ2n) is 4.76. The predicted molar refractivity (Wildman–Crippen MR) is 79.8 cm³/mol. The van der Waals surface area contributed by atoms with Gasteiger partial charge in [0.25, 0.3) is 0 Å². The standard InChI is InChI=1S/C16H11F2N5/c17-13-6-12(8-19)7-14(18)16(13)21-10-11-2-3-15(20-9-11)23-5-1-4-22-23/h1-7,9,21H,10H2. The van der Waals surface area contributed by atoms with Gasteiger partial charge in [-0.25, -0.2) is 18.4 Å². The molecule has 0 aliphatic carbocycles. The fourth-order valence-corrected chi connectivity index (χ4v) is 2.06. The van der Waals surface area contributed by atoms with E-state index < -0.39 is 11.6 Å². The van der Waals surface area contributed by atoms with E-state index in [0.29, 0.717) is 5.82 Å². The molecule has 0 radical (unpaired) electrons. The molecule has 0 saturated heterocycles. The largest absolute Gasteiger partial charge is 0.376 e. The molecule has 0 bridgehead atoms. The van der Waals surface area contributed by atoms with Crippen LogP contribution in [0.25, 0.3) is 5.82 Å². The minimum atomic E-state index is -0.803. The Morgan fingerprint density at radius 3 is 2.57 bits per heavy atom. The zero-order valence-electron chi connectivity index (χ0n) is 11.9. The van der Waals surface area contributed by atoms with Gasteiger partial charge in [-0.05, 0) is 29.8 Å². The number of hydrogen-bond donors (Lipinski definition) is 1. The van der Waals surface area contributed by atoms with E-state index in [9.17, 15) is 8.78 Å². The van der Waals surface area contributed by atoms with E-state index in [2.05, 4.69) is 15.4 Å². The number of rotatable bonds is 4. The minimum Gasteiger partial charge on any atom is -0.376 e. The molecule has 0 atom stereocenters. The molecule has 3 rings (SSSR count). The lowest BCUT2D eigenvalue weighted by Gasteiger charge is -2.09. The van der Waals surface area contributed by atoms with E-state index in [0.717, 1.165) is 17.7 Å². The van der Waals surface area contributed by atoms with E-state index >= 15 is 0 Å². The average Bonchev–Trinajstić information content (AvgIpc) is 3.09. The first-order valence-corrected chi connectivity index (χ1v) is 6.75. The van der Waals surface area contributed by atoms with Gasteiger partial charge in [-0.1, -0.05) is 6.07 Å². The lowest BCUT2D eigenvalue weighted by Crippen LogP contribution is -2.05. The van der Waals surface area contributed by atoms with Crippen molar-refractivity contribution < 1.29 is 8.78 Å². The molecule has 0 fully saturated rings. The van der Waals surface area contributed by atoms with Crippen molar-refractivity contribution in [2.45, 2.75) is 6.54 Å². The minimum absolute atomic E-state index is 0.0595. The second-order valence-corrected chi connectivity index (χ2v) is 4.76. The molecule has 114 valence electrons. The van der Waals surface area contributed by atoms with E-state index in [1.807, 2.05) is 0 Å². The predicted octanol–water partition coefficient (Wildman–Crippen LogP) is 3.03. The number of anilines is 1. The Morgan fingerprint density at radius 2 is 2.00 bits per heavy atom. The lowest BCUT2D eigenvalue weighted by molar-refractivity contribution is 0.587. The van der Waals surface area contributed by atoms with Crippen molar-refractivity contribution in [2.75, 3.05) is 5.32 Å². The van der Waals surface area contributed by atoms with Gasteiger partial charge in [0.1, 0.15) is 5.69 Å². The Hall–Kier alpha value is -3.27. The zero-order valence-corrected chi connectivity index (χ0v) is 11.9. The molecule has 1 aromatic carbocycles. The Balaban J connectivity index is 1.73. The van der Waals surface area contributed by atoms with Crippen LogP contribution in [-0.2, 0) is 6.54 Å². The van der Waals surface area contributed by atoms with Crippen LogP contribution in [-0.4, -0.2) is 14.8 Å². The van der Waals surface area contributed by atoms with Crippen molar-refractivity contribution in [1.82, 2.24) is 14.8 Å². The fourth-order valence-electron chi connectivity index (χ4n) is 2.06. The van der Waals surface area contributed by atoms with Gasteiger partial charge >= 0.3 is 0 Å². The zero-order chi connectivity index (χ0) is 16.2. The average molecular weight is 311 g/mol. The number of pyridine rings is 1. The number of hydrogen-bond acceptors (Lipinski definition) is 4. The molecule has 2 heterocycles. The SMILES string of the molecule is N#Cc1cc(F)c(NCc2ccc(-n3cccn3)nc2)c(F)c1. The van der Waals surface area contributed by atoms with Crippen LogP contribution in [0.2, 0.25) is 0 Å². The number of nitrogens with zero attached hydrogens (tertiary/aromatic N) is 4. The van der Waals surface area contributed by atoms with E-state index in [1.54, 1.807) is 47.5 Å². The van der Waals surface area contributed by atoms with Gasteiger partial charge in [0.15, 0.2) is 17.5 Å². The summed E-state index contributed by atoms with van der Waals surface area (Å²) in [5.41, 5.74) is 0.431. The summed E-state index contributed by atoms with van der Waals surface area (Å²) in [7, 11) is 0. The normalized spacial score (nSPS) is 10.3. The number of nitriles is 1. The van der Waals surface area contributed by atoms with Crippen LogP contribution in [0, 0.1) is 23.0 Å². The van der Waals surface area contributed by atoms with Crippen LogP contribution in [0.3, 0.4) is 0 Å². The van der Waals surface area contributed by atoms with Crippen molar-refractivity contribution in [1.29, 1.82) is 5.26 Å². The monoisotopic (exact) mass is 311 g/mol. The summed E-state index contributed by atoms with van der Waals surface area (Å²) < 4.78 is 29.1. The maximum Gasteiger partial charge on any atom is 0.153 e. The van der Waals surface area contributed by atoms with Gasteiger partial charge in [0.2, 0.25) is 0 Å². The van der Waals surface area contributed by atoms with Crippen LogP contribution >= 0.6 is 0 Å². The summed E-state index contributed by atoms with van der Waals surface area (Å²) in [5.74, 6) is -0.958. The molecule has 5 nitrogen and oxygen atoms in total. The van der Waals surface area contributed by atoms with E-state index in [4.69, 9.17) is 5.26 Å². The molecule has 0 saturated carbocycles. The first kappa shape index (κ1) is 14.7. The Kier molecular flexibility index (Phi) is 3.97. The van der Waals surface area contributed by atoms with Crippen molar-refractivity contribution in [3.63, 3.8) is 0 Å². The van der Waals surface area contributed by atoms with Crippen LogP contribution in [0.4, 0.5) is 14.5 Å². The molecule has 0 spiro atoms. The molecule has 0 unspecified atom stereocenters. The summed E-state index contributed by atoms with van der Waals surface area (Å²) in [4.78, 5) is 4.24. The first-order chi connectivity index (χ1) is 11.2. The number of nitrogens with one attached hydrogen (secondary N) is 1. The van der Waals surface area contributed by atoms with Gasteiger partial charge in [0, 0.05) is 25.1 Å². The fraction of sp³-hybridized carbons (Fsp3) is 0.0625. The molecule has 23 heavy (non-hydrogen) atoms. The third kappa shape index (κ3) is 3.16. The Bertz CT molecular complexity index is 828. The molecule has 7 heteroatoms. The van der Waals surface area contributed by atoms with Gasteiger partial charge in [-0.2, -0.15) is 10.4 Å². The summed E-state index contributed by atoms with van der Waals surface area (Å²) in [5, 5.41) is 15.4. The highest BCUT2D eigenvalue weighted by molar-refractivity contribution is 5.50. The van der Waals surface area contributed by atoms with Gasteiger partial charge in [0.05, 0.1) is 11.6 Å². The van der Waals surface area contributed by atoms with Crippen LogP contribution in [0.1, 0.15) is 11.1 Å². The molecule has 1 N–H and O–H groups in total. The topological polar surface area (TPSA) is 66.5 Å². The third-order valence-corrected chi connectivity index (χ3v) is 3.19. The van der Waals surface area contributed by atoms with Crippen LogP contribution in [0.5, 0.6) is 0 Å². The smallest absolute Gasteiger partial charge is 0.153 e. The maximum absolute atomic E-state index is 13.8. The number of benzene rings is 1. The highest BCUT2D eigenvalue weighted by Gasteiger charge is 2.11. The molecule has 3 aromatic rings. The van der Waals surface area contributed by atoms with E-state index in [-0.39, 0.29) is 17.8 Å². The quantitative estimate of drug-likeness (QED) is 0.804. The lowest BCUT2D eigenvalue weighted by atomic mass is 10.2. The maximum atomic E-state index is 13.8. The van der Waals surface area contributed by atoms with Crippen molar-refractivity contribution >= 4 is 5.69 Å². The summed E-state index contributed by atoms with van der Waals surface area (Å²) >= 11 is 0. The molecule has 0 aliphatic rings. The van der Waals surface area contributed by atoms with Crippen molar-refractivity contribution in [2.24, 2.45) is 0 Å². The van der Waals surface area contributed by atoms with E-state index in [1.165, 1.54) is 0 Å². The summed E-state index contributed by atoms with van der Waals surface area (Å²) in [6.45, 7) is 0.201. The molecule has 2 aromatic heterocycles. The van der Waals surface area contributed by atoms with Crippen LogP contribution in [0.15, 0.2) is 48.9 Å². The highest BCUT2D eigenvalue weighted by atomic mass is 19.1. The summed E-state index contributed by atoms with van der Waals surface area (Å²) in [6, 6.07) is 9.02. The van der Waals surface area contributed by atoms with Crippen molar-refractivity contribution in [3.8, 4) is 11.9 Å². The van der Waals surface area contributed by atoms with Gasteiger partial charge in [-0.3, -0.25) is 0 Å². The molecular formula is C16H11F2N5. The highest BCUT2D eigenvalue weighted by Crippen LogP contribution is 2.21. The summed E-state index contributed by atoms with van der Waals surface area (Å²) in [6.07, 6.45) is 5.01. The third-order valence-electron chi connectivity index (χ3n) is 3.19. The number of halogens is 2. The number of aromatic nitrogens is 3. The first-order valence-electron chi connectivity index (χ1n) is 6.75.